The highest BCUT2D eigenvalue weighted by Crippen LogP contribution is 2.17. The molecule has 0 aliphatic heterocycles. The molecule has 0 heterocycles. The number of hydroxylamine groups is 1. The number of aliphatic hydroxyl groups excluding tert-OH is 1. The second kappa shape index (κ2) is 8.61. The molecule has 0 saturated heterocycles. The van der Waals surface area contributed by atoms with E-state index >= 15 is 0 Å². The number of aliphatic hydroxyl groups is 1. The van der Waals surface area contributed by atoms with Crippen molar-refractivity contribution < 1.29 is 27.9 Å². The van der Waals surface area contributed by atoms with Gasteiger partial charge in [0.25, 0.3) is 5.91 Å². The van der Waals surface area contributed by atoms with Gasteiger partial charge < -0.3 is 9.84 Å². The molecule has 2 aromatic carbocycles. The Balaban J connectivity index is 1.88. The van der Waals surface area contributed by atoms with Gasteiger partial charge in [0.05, 0.1) is 24.4 Å². The van der Waals surface area contributed by atoms with Crippen LogP contribution in [0.2, 0.25) is 0 Å². The Morgan fingerprint density at radius 3 is 2.36 bits per heavy atom. The number of carbonyl (C=O) groups excluding carboxylic acids is 1. The van der Waals surface area contributed by atoms with Gasteiger partial charge in [0.15, 0.2) is 9.84 Å². The van der Waals surface area contributed by atoms with Gasteiger partial charge in [0, 0.05) is 0 Å². The molecule has 0 fully saturated rings. The van der Waals surface area contributed by atoms with E-state index in [1.807, 2.05) is 23.7 Å². The first-order chi connectivity index (χ1) is 11.9. The Bertz CT molecular complexity index is 790. The molecule has 0 aliphatic rings. The number of sulfone groups is 1. The highest BCUT2D eigenvalue weighted by Gasteiger charge is 2.25. The zero-order valence-electron chi connectivity index (χ0n) is 13.6. The van der Waals surface area contributed by atoms with Crippen molar-refractivity contribution in [1.29, 1.82) is 0 Å². The van der Waals surface area contributed by atoms with Gasteiger partial charge in [-0.2, -0.15) is 0 Å². The number of amides is 1. The predicted octanol–water partition coefficient (Wildman–Crippen LogP) is 1.08. The zero-order valence-corrected chi connectivity index (χ0v) is 14.4. The molecule has 0 saturated carbocycles. The van der Waals surface area contributed by atoms with Crippen molar-refractivity contribution in [2.45, 2.75) is 17.6 Å². The third kappa shape index (κ3) is 5.56. The number of ether oxygens (including phenoxy) is 1. The fraction of sp³-hybridized carbons (Fsp3) is 0.235. The van der Waals surface area contributed by atoms with Crippen LogP contribution in [0, 0.1) is 0 Å². The molecule has 0 unspecified atom stereocenters. The van der Waals surface area contributed by atoms with Crippen LogP contribution in [0.4, 0.5) is 0 Å². The molecule has 2 N–H and O–H groups in total. The monoisotopic (exact) mass is 365 g/mol. The molecule has 1 amide bonds. The Labute approximate surface area is 146 Å². The molecule has 0 aliphatic carbocycles. The maximum absolute atomic E-state index is 12.2. The minimum Gasteiger partial charge on any atom is -0.497 e. The van der Waals surface area contributed by atoms with Crippen molar-refractivity contribution in [3.8, 4) is 5.75 Å². The summed E-state index contributed by atoms with van der Waals surface area (Å²) in [6.45, 7) is 0.102. The second-order valence-corrected chi connectivity index (χ2v) is 7.25. The number of nitrogens with one attached hydrogen (secondary N) is 1. The number of rotatable bonds is 8. The Hall–Kier alpha value is -2.42. The molecule has 1 atom stereocenters. The number of carbonyl (C=O) groups is 1. The topological polar surface area (TPSA) is 102 Å². The predicted molar refractivity (Wildman–Crippen MR) is 90.4 cm³/mol. The van der Waals surface area contributed by atoms with E-state index in [9.17, 15) is 18.3 Å². The largest absolute Gasteiger partial charge is 0.497 e. The summed E-state index contributed by atoms with van der Waals surface area (Å²) in [6.07, 6.45) is -1.75. The lowest BCUT2D eigenvalue weighted by Gasteiger charge is -2.12. The van der Waals surface area contributed by atoms with E-state index in [2.05, 4.69) is 0 Å². The van der Waals surface area contributed by atoms with Gasteiger partial charge in [0.1, 0.15) is 11.9 Å². The van der Waals surface area contributed by atoms with Crippen LogP contribution in [-0.4, -0.2) is 38.4 Å². The van der Waals surface area contributed by atoms with E-state index in [4.69, 9.17) is 9.57 Å². The smallest absolute Gasteiger partial charge is 0.273 e. The molecule has 134 valence electrons. The molecule has 25 heavy (non-hydrogen) atoms. The van der Waals surface area contributed by atoms with Gasteiger partial charge in [-0.3, -0.25) is 9.63 Å². The van der Waals surface area contributed by atoms with Crippen molar-refractivity contribution in [3.63, 3.8) is 0 Å². The molecule has 0 bridgehead atoms. The third-order valence-electron chi connectivity index (χ3n) is 3.35. The van der Waals surface area contributed by atoms with Crippen LogP contribution in [0.3, 0.4) is 0 Å². The van der Waals surface area contributed by atoms with Crippen LogP contribution in [0.1, 0.15) is 5.56 Å². The third-order valence-corrected chi connectivity index (χ3v) is 5.10. The summed E-state index contributed by atoms with van der Waals surface area (Å²) >= 11 is 0. The summed E-state index contributed by atoms with van der Waals surface area (Å²) < 4.78 is 29.4. The normalized spacial score (nSPS) is 12.4. The minimum absolute atomic E-state index is 0.00893. The lowest BCUT2D eigenvalue weighted by atomic mass is 10.2. The molecule has 2 rings (SSSR count). The highest BCUT2D eigenvalue weighted by atomic mass is 32.2. The standard InChI is InChI=1S/C17H19NO6S/c1-23-14-7-9-15(10-8-14)25(21,22)12-16(19)17(20)18-24-11-13-5-3-2-4-6-13/h2-10,16,19H,11-12H2,1H3,(H,18,20)/t16-/m1/s1. The molecule has 0 radical (unpaired) electrons. The Morgan fingerprint density at radius 1 is 1.12 bits per heavy atom. The van der Waals surface area contributed by atoms with Gasteiger partial charge in [-0.1, -0.05) is 30.3 Å². The van der Waals surface area contributed by atoms with Crippen molar-refractivity contribution >= 4 is 15.7 Å². The van der Waals surface area contributed by atoms with Crippen LogP contribution in [-0.2, 0) is 26.1 Å². The highest BCUT2D eigenvalue weighted by molar-refractivity contribution is 7.91. The van der Waals surface area contributed by atoms with E-state index in [1.54, 1.807) is 12.1 Å². The summed E-state index contributed by atoms with van der Waals surface area (Å²) in [5.41, 5.74) is 2.87. The van der Waals surface area contributed by atoms with E-state index in [0.717, 1.165) is 5.56 Å². The van der Waals surface area contributed by atoms with E-state index in [0.29, 0.717) is 5.75 Å². The van der Waals surface area contributed by atoms with Crippen LogP contribution < -0.4 is 10.2 Å². The number of methoxy groups -OCH3 is 1. The SMILES string of the molecule is COc1ccc(S(=O)(=O)C[C@@H](O)C(=O)NOCc2ccccc2)cc1. The molecule has 0 aromatic heterocycles. The van der Waals surface area contributed by atoms with E-state index in [1.165, 1.54) is 31.4 Å². The van der Waals surface area contributed by atoms with Crippen molar-refractivity contribution in [2.24, 2.45) is 0 Å². The van der Waals surface area contributed by atoms with Crippen molar-refractivity contribution in [2.75, 3.05) is 12.9 Å². The summed E-state index contributed by atoms with van der Waals surface area (Å²) in [5.74, 6) is -1.17. The summed E-state index contributed by atoms with van der Waals surface area (Å²) in [5, 5.41) is 9.82. The van der Waals surface area contributed by atoms with Crippen molar-refractivity contribution in [1.82, 2.24) is 5.48 Å². The maximum atomic E-state index is 12.2. The van der Waals surface area contributed by atoms with Gasteiger partial charge in [-0.25, -0.2) is 13.9 Å². The lowest BCUT2D eigenvalue weighted by Crippen LogP contribution is -2.38. The fourth-order valence-corrected chi connectivity index (χ4v) is 3.31. The summed E-state index contributed by atoms with van der Waals surface area (Å²) in [7, 11) is -2.36. The van der Waals surface area contributed by atoms with Gasteiger partial charge >= 0.3 is 0 Å². The minimum atomic E-state index is -3.83. The fourth-order valence-electron chi connectivity index (χ4n) is 2.00. The number of hydrogen-bond acceptors (Lipinski definition) is 6. The Morgan fingerprint density at radius 2 is 1.76 bits per heavy atom. The molecular weight excluding hydrogens is 346 g/mol. The van der Waals surface area contributed by atoms with Crippen molar-refractivity contribution in [3.05, 3.63) is 60.2 Å². The first-order valence-corrected chi connectivity index (χ1v) is 9.08. The average molecular weight is 365 g/mol. The van der Waals surface area contributed by atoms with Crippen LogP contribution in [0.25, 0.3) is 0 Å². The van der Waals surface area contributed by atoms with E-state index in [-0.39, 0.29) is 11.5 Å². The van der Waals surface area contributed by atoms with Crippen LogP contribution in [0.15, 0.2) is 59.5 Å². The van der Waals surface area contributed by atoms with Gasteiger partial charge in [0.2, 0.25) is 0 Å². The van der Waals surface area contributed by atoms with Crippen LogP contribution in [0.5, 0.6) is 5.75 Å². The second-order valence-electron chi connectivity index (χ2n) is 5.21. The molecule has 7 nitrogen and oxygen atoms in total. The first kappa shape index (κ1) is 18.9. The average Bonchev–Trinajstić information content (AvgIpc) is 2.62. The molecule has 8 heteroatoms. The molecular formula is C17H19NO6S. The first-order valence-electron chi connectivity index (χ1n) is 7.43. The Kier molecular flexibility index (Phi) is 6.51. The van der Waals surface area contributed by atoms with Gasteiger partial charge in [-0.15, -0.1) is 0 Å². The summed E-state index contributed by atoms with van der Waals surface area (Å²) in [6, 6.07) is 14.8. The van der Waals surface area contributed by atoms with Gasteiger partial charge in [-0.05, 0) is 29.8 Å². The van der Waals surface area contributed by atoms with E-state index < -0.39 is 27.6 Å². The quantitative estimate of drug-likeness (QED) is 0.679. The number of benzene rings is 2. The zero-order chi connectivity index (χ0) is 18.3. The lowest BCUT2D eigenvalue weighted by molar-refractivity contribution is -0.142. The molecule has 2 aromatic rings. The number of hydrogen-bond donors (Lipinski definition) is 2. The maximum Gasteiger partial charge on any atom is 0.273 e. The van der Waals surface area contributed by atoms with Crippen LogP contribution >= 0.6 is 0 Å². The molecule has 0 spiro atoms. The summed E-state index contributed by atoms with van der Waals surface area (Å²) in [4.78, 5) is 16.7.